The van der Waals surface area contributed by atoms with Crippen molar-refractivity contribution in [3.63, 3.8) is 0 Å². The Labute approximate surface area is 234 Å². The van der Waals surface area contributed by atoms with Gasteiger partial charge in [0.15, 0.2) is 11.2 Å². The van der Waals surface area contributed by atoms with Gasteiger partial charge in [0.2, 0.25) is 0 Å². The molecule has 2 N–H and O–H groups in total. The van der Waals surface area contributed by atoms with Crippen molar-refractivity contribution in [2.24, 2.45) is 0 Å². The maximum atomic E-state index is 13.8. The molecule has 0 aliphatic heterocycles. The second-order valence-corrected chi connectivity index (χ2v) is 11.0. The minimum Gasteiger partial charge on any atom is -0.376 e. The van der Waals surface area contributed by atoms with Crippen LogP contribution in [0.2, 0.25) is 0 Å². The van der Waals surface area contributed by atoms with Crippen LogP contribution in [0.25, 0.3) is 22.3 Å². The summed E-state index contributed by atoms with van der Waals surface area (Å²) in [6.45, 7) is 0. The number of aliphatic hydroxyl groups is 2. The SMILES string of the molecule is OC1(C2(O)C(=C3C=CC=C3)c3ccccc3/C2=C2\C=CCC2)C(=C2C=CC=C2)c2ccccc2C1=C1C=CC=C1. The zero-order valence-corrected chi connectivity index (χ0v) is 22.0. The number of benzene rings is 2. The van der Waals surface area contributed by atoms with Crippen LogP contribution in [0.5, 0.6) is 0 Å². The molecule has 0 radical (unpaired) electrons. The number of rotatable bonds is 1. The first-order valence-corrected chi connectivity index (χ1v) is 14.0. The average molecular weight is 517 g/mol. The summed E-state index contributed by atoms with van der Waals surface area (Å²) in [4.78, 5) is 0. The molecule has 0 spiro atoms. The van der Waals surface area contributed by atoms with Gasteiger partial charge in [-0.25, -0.2) is 0 Å². The van der Waals surface area contributed by atoms with Gasteiger partial charge >= 0.3 is 0 Å². The third-order valence-corrected chi connectivity index (χ3v) is 8.98. The van der Waals surface area contributed by atoms with Gasteiger partial charge in [0, 0.05) is 22.3 Å². The van der Waals surface area contributed by atoms with E-state index in [0.717, 1.165) is 79.7 Å². The minimum atomic E-state index is -1.79. The summed E-state index contributed by atoms with van der Waals surface area (Å²) < 4.78 is 0. The Balaban J connectivity index is 1.59. The van der Waals surface area contributed by atoms with E-state index in [1.54, 1.807) is 0 Å². The van der Waals surface area contributed by atoms with E-state index < -0.39 is 11.2 Å². The van der Waals surface area contributed by atoms with E-state index in [4.69, 9.17) is 0 Å². The molecule has 2 aromatic carbocycles. The van der Waals surface area contributed by atoms with Gasteiger partial charge in [-0.1, -0.05) is 134 Å². The van der Waals surface area contributed by atoms with Gasteiger partial charge in [0.1, 0.15) is 0 Å². The molecule has 2 aromatic rings. The van der Waals surface area contributed by atoms with E-state index >= 15 is 0 Å². The van der Waals surface area contributed by atoms with Crippen molar-refractivity contribution in [3.05, 3.63) is 178 Å². The number of hydrogen-bond donors (Lipinski definition) is 2. The Kier molecular flexibility index (Phi) is 4.97. The van der Waals surface area contributed by atoms with Gasteiger partial charge in [0.05, 0.1) is 0 Å². The summed E-state index contributed by atoms with van der Waals surface area (Å²) in [5.41, 5.74) is 7.13. The van der Waals surface area contributed by atoms with Crippen LogP contribution in [0, 0.1) is 0 Å². The summed E-state index contributed by atoms with van der Waals surface area (Å²) in [5.74, 6) is 0. The average Bonchev–Trinajstić information content (AvgIpc) is 3.79. The molecule has 0 amide bonds. The molecule has 8 rings (SSSR count). The Morgan fingerprint density at radius 2 is 0.800 bits per heavy atom. The topological polar surface area (TPSA) is 40.5 Å². The van der Waals surface area contributed by atoms with Crippen molar-refractivity contribution in [1.29, 1.82) is 0 Å². The summed E-state index contributed by atoms with van der Waals surface area (Å²) in [6.07, 6.45) is 30.3. The highest BCUT2D eigenvalue weighted by Gasteiger charge is 2.66. The molecule has 0 saturated heterocycles. The number of fused-ring (bicyclic) bond motifs is 2. The first-order valence-electron chi connectivity index (χ1n) is 14.0. The molecular weight excluding hydrogens is 488 g/mol. The van der Waals surface area contributed by atoms with Gasteiger partial charge < -0.3 is 10.2 Å². The molecule has 40 heavy (non-hydrogen) atoms. The second-order valence-electron chi connectivity index (χ2n) is 11.0. The molecule has 2 nitrogen and oxygen atoms in total. The van der Waals surface area contributed by atoms with Crippen LogP contribution in [0.1, 0.15) is 35.1 Å². The van der Waals surface area contributed by atoms with Crippen molar-refractivity contribution in [2.45, 2.75) is 24.0 Å². The van der Waals surface area contributed by atoms with E-state index in [0.29, 0.717) is 0 Å². The highest BCUT2D eigenvalue weighted by Crippen LogP contribution is 2.66. The predicted octanol–water partition coefficient (Wildman–Crippen LogP) is 7.62. The Morgan fingerprint density at radius 3 is 1.15 bits per heavy atom. The quantitative estimate of drug-likeness (QED) is 0.409. The van der Waals surface area contributed by atoms with Crippen LogP contribution in [-0.2, 0) is 0 Å². The van der Waals surface area contributed by atoms with E-state index in [1.165, 1.54) is 0 Å². The lowest BCUT2D eigenvalue weighted by Crippen LogP contribution is -2.54. The van der Waals surface area contributed by atoms with Crippen molar-refractivity contribution < 1.29 is 10.2 Å². The molecule has 6 aliphatic rings. The van der Waals surface area contributed by atoms with E-state index in [2.05, 4.69) is 36.4 Å². The fourth-order valence-corrected chi connectivity index (χ4v) is 7.47. The van der Waals surface area contributed by atoms with Crippen molar-refractivity contribution in [3.8, 4) is 0 Å². The highest BCUT2D eigenvalue weighted by atomic mass is 16.4. The Morgan fingerprint density at radius 1 is 0.450 bits per heavy atom. The molecule has 0 heterocycles. The zero-order chi connectivity index (χ0) is 26.9. The predicted molar refractivity (Wildman–Crippen MR) is 164 cm³/mol. The molecule has 0 fully saturated rings. The normalized spacial score (nSPS) is 26.6. The molecule has 0 aromatic heterocycles. The minimum absolute atomic E-state index is 0.740. The van der Waals surface area contributed by atoms with E-state index in [-0.39, 0.29) is 0 Å². The van der Waals surface area contributed by atoms with Gasteiger partial charge in [-0.3, -0.25) is 0 Å². The lowest BCUT2D eigenvalue weighted by molar-refractivity contribution is 0.00180. The van der Waals surface area contributed by atoms with Crippen molar-refractivity contribution >= 4 is 22.3 Å². The lowest BCUT2D eigenvalue weighted by Gasteiger charge is -2.45. The molecule has 1 atom stereocenters. The van der Waals surface area contributed by atoms with Crippen LogP contribution in [0.15, 0.2) is 156 Å². The highest BCUT2D eigenvalue weighted by molar-refractivity contribution is 6.15. The zero-order valence-electron chi connectivity index (χ0n) is 22.0. The largest absolute Gasteiger partial charge is 0.376 e. The Bertz CT molecular complexity index is 1750. The standard InChI is InChI=1S/C38H28O2/c39-37(33(25-13-1-2-14-25)29-21-9-10-22-30(29)34(37)26-15-3-4-16-26)38(40)35(27-17-5-6-18-27)31-23-11-12-24-32(31)36(38)28-19-7-8-20-28/h1-7,9-19,21-24,39-40H,8,20H2/b36-28-. The summed E-state index contributed by atoms with van der Waals surface area (Å²) in [5, 5.41) is 27.6. The van der Waals surface area contributed by atoms with Gasteiger partial charge in [-0.05, 0) is 57.4 Å². The van der Waals surface area contributed by atoms with Crippen LogP contribution >= 0.6 is 0 Å². The number of hydrogen-bond acceptors (Lipinski definition) is 2. The summed E-state index contributed by atoms with van der Waals surface area (Å²) >= 11 is 0. The summed E-state index contributed by atoms with van der Waals surface area (Å²) in [6, 6.07) is 16.4. The van der Waals surface area contributed by atoms with E-state index in [9.17, 15) is 10.2 Å². The van der Waals surface area contributed by atoms with E-state index in [1.807, 2.05) is 97.2 Å². The van der Waals surface area contributed by atoms with Crippen LogP contribution in [-0.4, -0.2) is 21.4 Å². The maximum Gasteiger partial charge on any atom is 0.154 e. The van der Waals surface area contributed by atoms with Crippen molar-refractivity contribution in [1.82, 2.24) is 0 Å². The van der Waals surface area contributed by atoms with Gasteiger partial charge in [-0.15, -0.1) is 0 Å². The first kappa shape index (κ1) is 23.4. The van der Waals surface area contributed by atoms with Crippen molar-refractivity contribution in [2.75, 3.05) is 0 Å². The molecule has 0 saturated carbocycles. The third kappa shape index (κ3) is 2.90. The molecule has 2 heteroatoms. The second kappa shape index (κ2) is 8.50. The maximum absolute atomic E-state index is 13.8. The summed E-state index contributed by atoms with van der Waals surface area (Å²) in [7, 11) is 0. The number of allylic oxidation sites excluding steroid dienone is 18. The van der Waals surface area contributed by atoms with Crippen LogP contribution in [0.4, 0.5) is 0 Å². The molecule has 0 bridgehead atoms. The third-order valence-electron chi connectivity index (χ3n) is 8.98. The monoisotopic (exact) mass is 516 g/mol. The molecular formula is C38H28O2. The Hall–Kier alpha value is -4.50. The van der Waals surface area contributed by atoms with Gasteiger partial charge in [-0.2, -0.15) is 0 Å². The molecule has 1 unspecified atom stereocenters. The fraction of sp³-hybridized carbons (Fsp3) is 0.105. The molecule has 192 valence electrons. The fourth-order valence-electron chi connectivity index (χ4n) is 7.47. The molecule has 6 aliphatic carbocycles. The van der Waals surface area contributed by atoms with Crippen LogP contribution in [0.3, 0.4) is 0 Å². The van der Waals surface area contributed by atoms with Crippen LogP contribution < -0.4 is 0 Å². The van der Waals surface area contributed by atoms with Gasteiger partial charge in [0.25, 0.3) is 0 Å². The first-order chi connectivity index (χ1) is 19.6. The smallest absolute Gasteiger partial charge is 0.154 e. The lowest BCUT2D eigenvalue weighted by atomic mass is 9.65.